The predicted molar refractivity (Wildman–Crippen MR) is 105 cm³/mol. The topological polar surface area (TPSA) is 67.1 Å². The van der Waals surface area contributed by atoms with Crippen molar-refractivity contribution < 1.29 is 13.2 Å². The highest BCUT2D eigenvalue weighted by Crippen LogP contribution is 2.18. The molecule has 2 N–H and O–H groups in total. The first-order valence-electron chi connectivity index (χ1n) is 7.93. The minimum absolute atomic E-state index is 0. The lowest BCUT2D eigenvalue weighted by Gasteiger charge is -2.12. The van der Waals surface area contributed by atoms with Gasteiger partial charge in [0.2, 0.25) is 0 Å². The molecular weight excluding hydrogens is 460 g/mol. The molecular formula is C16H22F3IN6. The van der Waals surface area contributed by atoms with Crippen molar-refractivity contribution in [2.45, 2.75) is 33.0 Å². The molecule has 0 fully saturated rings. The minimum Gasteiger partial charge on any atom is -0.357 e. The van der Waals surface area contributed by atoms with Crippen molar-refractivity contribution in [2.75, 3.05) is 13.1 Å². The van der Waals surface area contributed by atoms with Gasteiger partial charge in [0.05, 0.1) is 13.0 Å². The van der Waals surface area contributed by atoms with E-state index in [1.165, 1.54) is 0 Å². The number of alkyl halides is 3. The van der Waals surface area contributed by atoms with Gasteiger partial charge in [-0.15, -0.1) is 24.0 Å². The number of pyridine rings is 1. The van der Waals surface area contributed by atoms with E-state index in [1.54, 1.807) is 12.4 Å². The number of guanidine groups is 1. The molecule has 0 bridgehead atoms. The lowest BCUT2D eigenvalue weighted by Crippen LogP contribution is -2.38. The number of imidazole rings is 1. The summed E-state index contributed by atoms with van der Waals surface area (Å²) in [5, 5.41) is 5.59. The summed E-state index contributed by atoms with van der Waals surface area (Å²) in [6, 6.07) is 3.73. The normalized spacial score (nSPS) is 11.8. The van der Waals surface area contributed by atoms with E-state index < -0.39 is 12.6 Å². The van der Waals surface area contributed by atoms with Gasteiger partial charge in [0.1, 0.15) is 11.6 Å². The van der Waals surface area contributed by atoms with Crippen LogP contribution in [-0.4, -0.2) is 39.8 Å². The third-order valence-corrected chi connectivity index (χ3v) is 3.35. The zero-order chi connectivity index (χ0) is 18.3. The van der Waals surface area contributed by atoms with Gasteiger partial charge in [0.15, 0.2) is 5.96 Å². The maximum Gasteiger partial charge on any atom is 0.390 e. The maximum absolute atomic E-state index is 12.2. The molecule has 0 aliphatic rings. The first-order chi connectivity index (χ1) is 11.9. The molecule has 0 unspecified atom stereocenters. The van der Waals surface area contributed by atoms with Gasteiger partial charge < -0.3 is 10.6 Å². The van der Waals surface area contributed by atoms with Gasteiger partial charge >= 0.3 is 6.18 Å². The van der Waals surface area contributed by atoms with Crippen LogP contribution >= 0.6 is 24.0 Å². The fourth-order valence-corrected chi connectivity index (χ4v) is 2.11. The molecule has 6 nitrogen and oxygen atoms in total. The minimum atomic E-state index is -4.18. The summed E-state index contributed by atoms with van der Waals surface area (Å²) < 4.78 is 38.5. The van der Waals surface area contributed by atoms with E-state index in [4.69, 9.17) is 0 Å². The quantitative estimate of drug-likeness (QED) is 0.377. The maximum atomic E-state index is 12.2. The molecule has 0 saturated heterocycles. The Labute approximate surface area is 167 Å². The van der Waals surface area contributed by atoms with Crippen LogP contribution in [0.15, 0.2) is 35.7 Å². The van der Waals surface area contributed by atoms with Gasteiger partial charge in [-0.2, -0.15) is 13.2 Å². The monoisotopic (exact) mass is 482 g/mol. The van der Waals surface area contributed by atoms with Crippen LogP contribution in [0.25, 0.3) is 5.82 Å². The van der Waals surface area contributed by atoms with Crippen molar-refractivity contribution in [3.8, 4) is 5.82 Å². The Bertz CT molecular complexity index is 697. The molecule has 2 aromatic heterocycles. The number of halogens is 4. The molecule has 0 aliphatic heterocycles. The van der Waals surface area contributed by atoms with E-state index >= 15 is 0 Å². The largest absolute Gasteiger partial charge is 0.390 e. The third kappa shape index (κ3) is 7.18. The number of hydrogen-bond donors (Lipinski definition) is 2. The molecule has 0 spiro atoms. The van der Waals surface area contributed by atoms with Crippen molar-refractivity contribution >= 4 is 29.9 Å². The van der Waals surface area contributed by atoms with Crippen LogP contribution in [0, 0.1) is 6.92 Å². The van der Waals surface area contributed by atoms with Gasteiger partial charge in [0, 0.05) is 31.7 Å². The van der Waals surface area contributed by atoms with Crippen LogP contribution in [0.1, 0.15) is 24.7 Å². The van der Waals surface area contributed by atoms with Gasteiger partial charge in [-0.25, -0.2) is 15.0 Å². The Morgan fingerprint density at radius 2 is 2.00 bits per heavy atom. The predicted octanol–water partition coefficient (Wildman–Crippen LogP) is 3.20. The fourth-order valence-electron chi connectivity index (χ4n) is 2.11. The van der Waals surface area contributed by atoms with Gasteiger partial charge in [-0.3, -0.25) is 4.57 Å². The molecule has 2 rings (SSSR count). The molecule has 10 heteroatoms. The van der Waals surface area contributed by atoms with E-state index in [9.17, 15) is 13.2 Å². The summed E-state index contributed by atoms with van der Waals surface area (Å²) in [4.78, 5) is 12.8. The van der Waals surface area contributed by atoms with E-state index in [2.05, 4.69) is 25.6 Å². The van der Waals surface area contributed by atoms with E-state index in [0.717, 1.165) is 17.2 Å². The van der Waals surface area contributed by atoms with Gasteiger partial charge in [0.25, 0.3) is 0 Å². The Morgan fingerprint density at radius 3 is 2.54 bits per heavy atom. The van der Waals surface area contributed by atoms with E-state index in [0.29, 0.717) is 19.0 Å². The average molecular weight is 482 g/mol. The Morgan fingerprint density at radius 1 is 1.23 bits per heavy atom. The second-order valence-corrected chi connectivity index (χ2v) is 5.36. The van der Waals surface area contributed by atoms with Crippen molar-refractivity contribution in [2.24, 2.45) is 4.99 Å². The summed E-state index contributed by atoms with van der Waals surface area (Å²) >= 11 is 0. The lowest BCUT2D eigenvalue weighted by atomic mass is 10.3. The van der Waals surface area contributed by atoms with Crippen LogP contribution in [0.2, 0.25) is 0 Å². The van der Waals surface area contributed by atoms with Crippen molar-refractivity contribution in [3.05, 3.63) is 42.1 Å². The molecule has 0 saturated carbocycles. The molecule has 144 valence electrons. The Hall–Kier alpha value is -1.85. The number of rotatable bonds is 6. The Kier molecular flexibility index (Phi) is 8.82. The SMILES string of the molecule is CCNC(=NCc1ccc(-n2ccnc2C)nc1)NCCC(F)(F)F.I. The number of aliphatic imine (C=N–C) groups is 1. The fraction of sp³-hybridized carbons (Fsp3) is 0.438. The van der Waals surface area contributed by atoms with E-state index in [1.807, 2.05) is 36.7 Å². The number of nitrogens with one attached hydrogen (secondary N) is 2. The molecule has 26 heavy (non-hydrogen) atoms. The van der Waals surface area contributed by atoms with Gasteiger partial charge in [-0.1, -0.05) is 6.07 Å². The second-order valence-electron chi connectivity index (χ2n) is 5.36. The molecule has 0 amide bonds. The zero-order valence-electron chi connectivity index (χ0n) is 14.5. The van der Waals surface area contributed by atoms with Gasteiger partial charge in [-0.05, 0) is 25.5 Å². The summed E-state index contributed by atoms with van der Waals surface area (Å²) in [5.41, 5.74) is 0.856. The summed E-state index contributed by atoms with van der Waals surface area (Å²) in [7, 11) is 0. The zero-order valence-corrected chi connectivity index (χ0v) is 16.9. The van der Waals surface area contributed by atoms with Crippen LogP contribution in [-0.2, 0) is 6.54 Å². The number of aryl methyl sites for hydroxylation is 1. The van der Waals surface area contributed by atoms with Crippen molar-refractivity contribution in [1.29, 1.82) is 0 Å². The Balaban J connectivity index is 0.00000338. The first kappa shape index (κ1) is 22.2. The highest BCUT2D eigenvalue weighted by molar-refractivity contribution is 14.0. The molecule has 0 radical (unpaired) electrons. The summed E-state index contributed by atoms with van der Waals surface area (Å²) in [5.74, 6) is 1.93. The second kappa shape index (κ2) is 10.3. The first-order valence-corrected chi connectivity index (χ1v) is 7.93. The van der Waals surface area contributed by atoms with Crippen LogP contribution < -0.4 is 10.6 Å². The molecule has 0 atom stereocenters. The third-order valence-electron chi connectivity index (χ3n) is 3.35. The standard InChI is InChI=1S/C16H21F3N6.HI/c1-3-20-15(22-7-6-16(17,18)19)24-11-13-4-5-14(23-10-13)25-9-8-21-12(25)2;/h4-5,8-10H,3,6-7,11H2,1-2H3,(H2,20,22,24);1H. The van der Waals surface area contributed by atoms with Crippen molar-refractivity contribution in [1.82, 2.24) is 25.2 Å². The van der Waals surface area contributed by atoms with Crippen molar-refractivity contribution in [3.63, 3.8) is 0 Å². The molecule has 2 aromatic rings. The summed E-state index contributed by atoms with van der Waals surface area (Å²) in [6.45, 7) is 4.40. The summed E-state index contributed by atoms with van der Waals surface area (Å²) in [6.07, 6.45) is 0.124. The van der Waals surface area contributed by atoms with E-state index in [-0.39, 0.29) is 30.5 Å². The molecule has 2 heterocycles. The molecule has 0 aromatic carbocycles. The smallest absolute Gasteiger partial charge is 0.357 e. The molecule has 0 aliphatic carbocycles. The highest BCUT2D eigenvalue weighted by Gasteiger charge is 2.26. The lowest BCUT2D eigenvalue weighted by molar-refractivity contribution is -0.132. The average Bonchev–Trinajstić information content (AvgIpc) is 2.98. The van der Waals surface area contributed by atoms with Crippen LogP contribution in [0.4, 0.5) is 13.2 Å². The number of nitrogens with zero attached hydrogens (tertiary/aromatic N) is 4. The van der Waals surface area contributed by atoms with Crippen LogP contribution in [0.5, 0.6) is 0 Å². The number of hydrogen-bond acceptors (Lipinski definition) is 3. The highest BCUT2D eigenvalue weighted by atomic mass is 127. The van der Waals surface area contributed by atoms with Crippen LogP contribution in [0.3, 0.4) is 0 Å². The number of aromatic nitrogens is 3.